The van der Waals surface area contributed by atoms with Gasteiger partial charge < -0.3 is 9.30 Å². The van der Waals surface area contributed by atoms with E-state index < -0.39 is 0 Å². The van der Waals surface area contributed by atoms with Crippen LogP contribution in [-0.4, -0.2) is 24.1 Å². The average Bonchev–Trinajstić information content (AvgIpc) is 3.27. The number of aryl methyl sites for hydroxylation is 1. The molecule has 0 unspecified atom stereocenters. The standard InChI is InChI=1S/C18H16ClN5O2S2/c1-11-7-12(19)3-4-14(11)26-9-15-21-22-18(23(15)2)28-10-13-8-16(25)24-5-6-27-17(24)20-13/h3-8H,9-10H2,1-2H3. The third-order valence-corrected chi connectivity index (χ3v) is 6.17. The third kappa shape index (κ3) is 3.91. The molecule has 0 aliphatic rings. The number of nitrogens with zero attached hydrogens (tertiary/aromatic N) is 5. The lowest BCUT2D eigenvalue weighted by Crippen LogP contribution is -2.12. The number of thiazole rings is 1. The fourth-order valence-electron chi connectivity index (χ4n) is 2.61. The van der Waals surface area contributed by atoms with E-state index in [9.17, 15) is 4.79 Å². The number of rotatable bonds is 6. The van der Waals surface area contributed by atoms with E-state index in [0.717, 1.165) is 22.2 Å². The Morgan fingerprint density at radius 1 is 1.29 bits per heavy atom. The quantitative estimate of drug-likeness (QED) is 0.431. The summed E-state index contributed by atoms with van der Waals surface area (Å²) >= 11 is 8.89. The van der Waals surface area contributed by atoms with Crippen molar-refractivity contribution in [2.45, 2.75) is 24.4 Å². The molecule has 7 nitrogen and oxygen atoms in total. The first-order chi connectivity index (χ1) is 13.5. The maximum absolute atomic E-state index is 12.1. The van der Waals surface area contributed by atoms with Gasteiger partial charge in [0.05, 0.1) is 5.69 Å². The number of aromatic nitrogens is 5. The highest BCUT2D eigenvalue weighted by molar-refractivity contribution is 7.98. The summed E-state index contributed by atoms with van der Waals surface area (Å²) < 4.78 is 9.26. The molecule has 3 aromatic heterocycles. The molecule has 4 aromatic rings. The molecule has 3 heterocycles. The largest absolute Gasteiger partial charge is 0.485 e. The Morgan fingerprint density at radius 2 is 2.14 bits per heavy atom. The zero-order valence-corrected chi connectivity index (χ0v) is 17.5. The van der Waals surface area contributed by atoms with Crippen molar-refractivity contribution in [3.05, 3.63) is 68.3 Å². The van der Waals surface area contributed by atoms with E-state index in [1.165, 1.54) is 27.5 Å². The van der Waals surface area contributed by atoms with E-state index in [4.69, 9.17) is 16.3 Å². The van der Waals surface area contributed by atoms with Crippen molar-refractivity contribution in [3.8, 4) is 5.75 Å². The highest BCUT2D eigenvalue weighted by atomic mass is 35.5. The molecule has 144 valence electrons. The highest BCUT2D eigenvalue weighted by Gasteiger charge is 2.12. The Morgan fingerprint density at radius 3 is 2.96 bits per heavy atom. The first-order valence-corrected chi connectivity index (χ1v) is 10.6. The summed E-state index contributed by atoms with van der Waals surface area (Å²) in [4.78, 5) is 17.3. The molecule has 28 heavy (non-hydrogen) atoms. The van der Waals surface area contributed by atoms with E-state index in [1.54, 1.807) is 18.3 Å². The second kappa shape index (κ2) is 7.94. The highest BCUT2D eigenvalue weighted by Crippen LogP contribution is 2.24. The topological polar surface area (TPSA) is 74.3 Å². The summed E-state index contributed by atoms with van der Waals surface area (Å²) in [6.07, 6.45) is 1.73. The van der Waals surface area contributed by atoms with Gasteiger partial charge >= 0.3 is 0 Å². The van der Waals surface area contributed by atoms with E-state index in [0.29, 0.717) is 28.2 Å². The van der Waals surface area contributed by atoms with Crippen LogP contribution < -0.4 is 10.3 Å². The third-order valence-electron chi connectivity index (χ3n) is 4.12. The normalized spacial score (nSPS) is 11.2. The molecule has 0 aliphatic carbocycles. The molecule has 0 radical (unpaired) electrons. The lowest BCUT2D eigenvalue weighted by Gasteiger charge is -2.09. The van der Waals surface area contributed by atoms with Gasteiger partial charge in [-0.25, -0.2) is 4.98 Å². The molecule has 0 bridgehead atoms. The first-order valence-electron chi connectivity index (χ1n) is 8.37. The van der Waals surface area contributed by atoms with Crippen molar-refractivity contribution >= 4 is 39.7 Å². The Balaban J connectivity index is 1.43. The first kappa shape index (κ1) is 19.0. The monoisotopic (exact) mass is 433 g/mol. The number of ether oxygens (including phenoxy) is 1. The molecule has 0 aliphatic heterocycles. The summed E-state index contributed by atoms with van der Waals surface area (Å²) in [5.41, 5.74) is 1.60. The molecule has 0 spiro atoms. The molecule has 0 atom stereocenters. The van der Waals surface area contributed by atoms with Crippen molar-refractivity contribution in [2.24, 2.45) is 7.05 Å². The smallest absolute Gasteiger partial charge is 0.258 e. The van der Waals surface area contributed by atoms with Gasteiger partial charge in [-0.3, -0.25) is 9.20 Å². The summed E-state index contributed by atoms with van der Waals surface area (Å²) in [7, 11) is 1.89. The zero-order chi connectivity index (χ0) is 19.7. The van der Waals surface area contributed by atoms with Crippen molar-refractivity contribution in [1.82, 2.24) is 24.1 Å². The molecule has 0 saturated heterocycles. The SMILES string of the molecule is Cc1cc(Cl)ccc1OCc1nnc(SCc2cc(=O)n3ccsc3n2)n1C. The molecule has 4 rings (SSSR count). The maximum Gasteiger partial charge on any atom is 0.258 e. The number of hydrogen-bond acceptors (Lipinski definition) is 7. The van der Waals surface area contributed by atoms with Gasteiger partial charge in [0, 0.05) is 35.5 Å². The number of benzene rings is 1. The molecular weight excluding hydrogens is 418 g/mol. The summed E-state index contributed by atoms with van der Waals surface area (Å²) in [6.45, 7) is 2.24. The lowest BCUT2D eigenvalue weighted by atomic mass is 10.2. The van der Waals surface area contributed by atoms with Crippen LogP contribution >= 0.6 is 34.7 Å². The fraction of sp³-hybridized carbons (Fsp3) is 0.222. The minimum atomic E-state index is -0.0766. The molecule has 0 saturated carbocycles. The van der Waals surface area contributed by atoms with E-state index in [2.05, 4.69) is 15.2 Å². The molecular formula is C18H16ClN5O2S2. The van der Waals surface area contributed by atoms with Crippen LogP contribution in [-0.2, 0) is 19.4 Å². The molecule has 1 aromatic carbocycles. The van der Waals surface area contributed by atoms with E-state index >= 15 is 0 Å². The van der Waals surface area contributed by atoms with Gasteiger partial charge in [-0.15, -0.1) is 21.5 Å². The van der Waals surface area contributed by atoms with Crippen LogP contribution in [0.25, 0.3) is 4.96 Å². The molecule has 0 amide bonds. The van der Waals surface area contributed by atoms with Gasteiger partial charge in [-0.05, 0) is 30.7 Å². The van der Waals surface area contributed by atoms with Gasteiger partial charge in [0.25, 0.3) is 5.56 Å². The molecule has 10 heteroatoms. The number of halogens is 1. The summed E-state index contributed by atoms with van der Waals surface area (Å²) in [6, 6.07) is 7.04. The van der Waals surface area contributed by atoms with Crippen LogP contribution in [0.5, 0.6) is 5.75 Å². The lowest BCUT2D eigenvalue weighted by molar-refractivity contribution is 0.288. The molecule has 0 N–H and O–H groups in total. The van der Waals surface area contributed by atoms with Gasteiger partial charge in [-0.2, -0.15) is 0 Å². The second-order valence-electron chi connectivity index (χ2n) is 6.09. The molecule has 0 fully saturated rings. The predicted octanol–water partition coefficient (Wildman–Crippen LogP) is 3.72. The summed E-state index contributed by atoms with van der Waals surface area (Å²) in [5.74, 6) is 2.00. The minimum Gasteiger partial charge on any atom is -0.485 e. The minimum absolute atomic E-state index is 0.0766. The zero-order valence-electron chi connectivity index (χ0n) is 15.1. The van der Waals surface area contributed by atoms with Gasteiger partial charge in [0.2, 0.25) is 0 Å². The fourth-order valence-corrected chi connectivity index (χ4v) is 4.40. The Bertz CT molecular complexity index is 1200. The van der Waals surface area contributed by atoms with Crippen molar-refractivity contribution in [3.63, 3.8) is 0 Å². The van der Waals surface area contributed by atoms with Crippen LogP contribution in [0.1, 0.15) is 17.1 Å². The maximum atomic E-state index is 12.1. The van der Waals surface area contributed by atoms with Gasteiger partial charge in [0.15, 0.2) is 15.9 Å². The van der Waals surface area contributed by atoms with Crippen molar-refractivity contribution < 1.29 is 4.74 Å². The van der Waals surface area contributed by atoms with E-state index in [1.807, 2.05) is 36.1 Å². The Kier molecular flexibility index (Phi) is 5.38. The number of thioether (sulfide) groups is 1. The van der Waals surface area contributed by atoms with Crippen molar-refractivity contribution in [1.29, 1.82) is 0 Å². The van der Waals surface area contributed by atoms with Gasteiger partial charge in [0.1, 0.15) is 12.4 Å². The van der Waals surface area contributed by atoms with Crippen LogP contribution in [0.15, 0.2) is 45.8 Å². The van der Waals surface area contributed by atoms with Crippen LogP contribution in [0.3, 0.4) is 0 Å². The Hall–Kier alpha value is -2.36. The van der Waals surface area contributed by atoms with Crippen molar-refractivity contribution in [2.75, 3.05) is 0 Å². The predicted molar refractivity (Wildman–Crippen MR) is 110 cm³/mol. The van der Waals surface area contributed by atoms with Crippen LogP contribution in [0, 0.1) is 6.92 Å². The number of fused-ring (bicyclic) bond motifs is 1. The number of hydrogen-bond donors (Lipinski definition) is 0. The average molecular weight is 434 g/mol. The van der Waals surface area contributed by atoms with Crippen LogP contribution in [0.2, 0.25) is 5.02 Å². The van der Waals surface area contributed by atoms with Gasteiger partial charge in [-0.1, -0.05) is 23.4 Å². The van der Waals surface area contributed by atoms with E-state index in [-0.39, 0.29) is 5.56 Å². The second-order valence-corrected chi connectivity index (χ2v) is 8.34. The summed E-state index contributed by atoms with van der Waals surface area (Å²) in [5, 5.41) is 11.7. The Labute approximate surface area is 174 Å². The van der Waals surface area contributed by atoms with Crippen LogP contribution in [0.4, 0.5) is 0 Å².